The fourth-order valence-corrected chi connectivity index (χ4v) is 3.99. The van der Waals surface area contributed by atoms with Crippen LogP contribution in [0.3, 0.4) is 0 Å². The maximum Gasteiger partial charge on any atom is 0.142 e. The van der Waals surface area contributed by atoms with Gasteiger partial charge in [0.15, 0.2) is 0 Å². The van der Waals surface area contributed by atoms with Crippen molar-refractivity contribution in [3.63, 3.8) is 0 Å². The molecule has 0 fully saturated rings. The van der Waals surface area contributed by atoms with Crippen LogP contribution in [0.5, 0.6) is 0 Å². The van der Waals surface area contributed by atoms with Gasteiger partial charge in [-0.25, -0.2) is 14.3 Å². The van der Waals surface area contributed by atoms with E-state index in [9.17, 15) is 0 Å². The van der Waals surface area contributed by atoms with Crippen LogP contribution < -0.4 is 0 Å². The van der Waals surface area contributed by atoms with Crippen LogP contribution in [-0.2, 0) is 0 Å². The van der Waals surface area contributed by atoms with E-state index in [2.05, 4.69) is 34.4 Å². The zero-order valence-electron chi connectivity index (χ0n) is 18.3. The Labute approximate surface area is 190 Å². The van der Waals surface area contributed by atoms with E-state index in [1.807, 2.05) is 89.2 Å². The maximum atomic E-state index is 4.92. The Morgan fingerprint density at radius 1 is 0.758 bits per heavy atom. The number of aromatic amines is 1. The number of para-hydroxylation sites is 3. The smallest absolute Gasteiger partial charge is 0.142 e. The van der Waals surface area contributed by atoms with Gasteiger partial charge in [-0.15, -0.1) is 5.10 Å². The summed E-state index contributed by atoms with van der Waals surface area (Å²) < 4.78 is 3.71. The molecule has 0 spiro atoms. The van der Waals surface area contributed by atoms with Gasteiger partial charge >= 0.3 is 0 Å². The number of hydrogen-bond donors (Lipinski definition) is 1. The quantitative estimate of drug-likeness (QED) is 0.412. The first-order valence-electron chi connectivity index (χ1n) is 10.8. The van der Waals surface area contributed by atoms with Crippen LogP contribution in [-0.4, -0.2) is 34.7 Å². The lowest BCUT2D eigenvalue weighted by Gasteiger charge is -2.04. The van der Waals surface area contributed by atoms with E-state index in [1.165, 1.54) is 5.56 Å². The third-order valence-corrected chi connectivity index (χ3v) is 5.78. The maximum absolute atomic E-state index is 4.92. The molecule has 0 atom stereocenters. The van der Waals surface area contributed by atoms with Crippen molar-refractivity contribution < 1.29 is 0 Å². The van der Waals surface area contributed by atoms with Gasteiger partial charge < -0.3 is 4.98 Å². The zero-order valence-corrected chi connectivity index (χ0v) is 18.3. The predicted octanol–water partition coefficient (Wildman–Crippen LogP) is 5.28. The molecule has 3 aromatic heterocycles. The monoisotopic (exact) mass is 431 g/mol. The fourth-order valence-electron chi connectivity index (χ4n) is 3.99. The molecule has 7 nitrogen and oxygen atoms in total. The molecule has 0 saturated carbocycles. The summed E-state index contributed by atoms with van der Waals surface area (Å²) in [7, 11) is 0. The van der Waals surface area contributed by atoms with Gasteiger partial charge in [-0.1, -0.05) is 53.2 Å². The molecular weight excluding hydrogens is 410 g/mol. The molecule has 1 N–H and O–H groups in total. The first-order valence-corrected chi connectivity index (χ1v) is 10.8. The fraction of sp³-hybridized carbons (Fsp3) is 0.0769. The van der Waals surface area contributed by atoms with Crippen LogP contribution >= 0.6 is 0 Å². The number of nitrogens with zero attached hydrogens (tertiary/aromatic N) is 6. The van der Waals surface area contributed by atoms with Crippen LogP contribution in [0.4, 0.5) is 0 Å². The third kappa shape index (κ3) is 3.30. The Morgan fingerprint density at radius 2 is 1.52 bits per heavy atom. The number of benzene rings is 3. The van der Waals surface area contributed by atoms with Gasteiger partial charge in [-0.2, -0.15) is 5.10 Å². The van der Waals surface area contributed by atoms with Crippen molar-refractivity contribution in [2.75, 3.05) is 0 Å². The van der Waals surface area contributed by atoms with Crippen molar-refractivity contribution in [3.05, 3.63) is 96.3 Å². The number of H-pyrrole nitrogens is 1. The summed E-state index contributed by atoms with van der Waals surface area (Å²) in [6.07, 6.45) is 1.99. The molecule has 0 bridgehead atoms. The Morgan fingerprint density at radius 3 is 2.30 bits per heavy atom. The lowest BCUT2D eigenvalue weighted by molar-refractivity contribution is 0.785. The molecule has 0 aliphatic heterocycles. The summed E-state index contributed by atoms with van der Waals surface area (Å²) in [6, 6.07) is 26.3. The van der Waals surface area contributed by atoms with Gasteiger partial charge in [-0.3, -0.25) is 0 Å². The number of rotatable bonds is 4. The highest BCUT2D eigenvalue weighted by molar-refractivity contribution is 5.83. The van der Waals surface area contributed by atoms with Gasteiger partial charge in [0.1, 0.15) is 17.2 Å². The number of fused-ring (bicyclic) bond motifs is 1. The van der Waals surface area contributed by atoms with E-state index < -0.39 is 0 Å². The molecule has 0 aliphatic carbocycles. The Bertz CT molecular complexity index is 1540. The van der Waals surface area contributed by atoms with Gasteiger partial charge in [0.05, 0.1) is 33.7 Å². The van der Waals surface area contributed by atoms with Crippen LogP contribution in [0.25, 0.3) is 45.2 Å². The number of aromatic nitrogens is 7. The lowest BCUT2D eigenvalue weighted by atomic mass is 10.1. The van der Waals surface area contributed by atoms with Crippen molar-refractivity contribution in [1.82, 2.24) is 34.7 Å². The topological polar surface area (TPSA) is 77.2 Å². The van der Waals surface area contributed by atoms with Gasteiger partial charge in [-0.05, 0) is 50.2 Å². The average molecular weight is 432 g/mol. The van der Waals surface area contributed by atoms with Crippen LogP contribution in [0.1, 0.15) is 11.3 Å². The van der Waals surface area contributed by atoms with Gasteiger partial charge in [0.2, 0.25) is 0 Å². The molecule has 3 heterocycles. The highest BCUT2D eigenvalue weighted by Crippen LogP contribution is 2.32. The molecule has 3 aromatic carbocycles. The minimum absolute atomic E-state index is 0.723. The first kappa shape index (κ1) is 19.2. The highest BCUT2D eigenvalue weighted by Gasteiger charge is 2.22. The van der Waals surface area contributed by atoms with Crippen LogP contribution in [0.15, 0.2) is 85.1 Å². The Hall–Kier alpha value is -4.52. The molecule has 33 heavy (non-hydrogen) atoms. The normalized spacial score (nSPS) is 11.3. The molecule has 0 saturated heterocycles. The average Bonchev–Trinajstić information content (AvgIpc) is 3.56. The summed E-state index contributed by atoms with van der Waals surface area (Å²) in [6.45, 7) is 4.08. The molecule has 6 aromatic rings. The predicted molar refractivity (Wildman–Crippen MR) is 128 cm³/mol. The minimum Gasteiger partial charge on any atom is -0.338 e. The summed E-state index contributed by atoms with van der Waals surface area (Å²) in [4.78, 5) is 8.25. The number of imidazole rings is 1. The van der Waals surface area contributed by atoms with E-state index in [1.54, 1.807) is 0 Å². The molecule has 0 aliphatic rings. The van der Waals surface area contributed by atoms with Crippen molar-refractivity contribution in [2.24, 2.45) is 0 Å². The van der Waals surface area contributed by atoms with E-state index in [4.69, 9.17) is 10.1 Å². The van der Waals surface area contributed by atoms with Crippen molar-refractivity contribution in [1.29, 1.82) is 0 Å². The van der Waals surface area contributed by atoms with Gasteiger partial charge in [0.25, 0.3) is 0 Å². The largest absolute Gasteiger partial charge is 0.338 e. The van der Waals surface area contributed by atoms with Crippen molar-refractivity contribution in [3.8, 4) is 34.2 Å². The summed E-state index contributed by atoms with van der Waals surface area (Å²) >= 11 is 0. The highest BCUT2D eigenvalue weighted by atomic mass is 15.4. The Kier molecular flexibility index (Phi) is 4.40. The number of nitrogens with one attached hydrogen (secondary N) is 1. The SMILES string of the molecule is Cc1ccc(-n2nnc(-c3nn(-c4ccccc4)cc3-c3nc4ccccc4[nH]3)c2C)cc1. The number of hydrogen-bond acceptors (Lipinski definition) is 4. The zero-order chi connectivity index (χ0) is 22.4. The second-order valence-electron chi connectivity index (χ2n) is 8.04. The molecular formula is C26H21N7. The molecule has 160 valence electrons. The summed E-state index contributed by atoms with van der Waals surface area (Å²) in [5, 5.41) is 13.9. The van der Waals surface area contributed by atoms with E-state index in [0.29, 0.717) is 0 Å². The minimum atomic E-state index is 0.723. The molecule has 0 radical (unpaired) electrons. The number of aryl methyl sites for hydroxylation is 1. The molecule has 0 unspecified atom stereocenters. The molecule has 6 rings (SSSR count). The second-order valence-corrected chi connectivity index (χ2v) is 8.04. The lowest BCUT2D eigenvalue weighted by Crippen LogP contribution is -1.99. The summed E-state index contributed by atoms with van der Waals surface area (Å²) in [5.74, 6) is 0.748. The van der Waals surface area contributed by atoms with E-state index in [-0.39, 0.29) is 0 Å². The van der Waals surface area contributed by atoms with Crippen molar-refractivity contribution in [2.45, 2.75) is 13.8 Å². The van der Waals surface area contributed by atoms with Crippen LogP contribution in [0, 0.1) is 13.8 Å². The van der Waals surface area contributed by atoms with Crippen LogP contribution in [0.2, 0.25) is 0 Å². The standard InChI is InChI=1S/C26H21N7/c1-17-12-14-20(15-13-17)33-18(2)24(29-31-33)25-21(16-32(30-25)19-8-4-3-5-9-19)26-27-22-10-6-7-11-23(22)28-26/h3-16H,1-2H3,(H,27,28). The van der Waals surface area contributed by atoms with Crippen molar-refractivity contribution >= 4 is 11.0 Å². The van der Waals surface area contributed by atoms with E-state index >= 15 is 0 Å². The molecule has 0 amide bonds. The summed E-state index contributed by atoms with van der Waals surface area (Å²) in [5.41, 5.74) is 8.25. The van der Waals surface area contributed by atoms with Gasteiger partial charge in [0, 0.05) is 6.20 Å². The second kappa shape index (κ2) is 7.56. The van der Waals surface area contributed by atoms with E-state index in [0.717, 1.165) is 50.9 Å². The first-order chi connectivity index (χ1) is 16.2. The Balaban J connectivity index is 1.54. The molecule has 7 heteroatoms. The third-order valence-electron chi connectivity index (χ3n) is 5.78.